The van der Waals surface area contributed by atoms with E-state index in [0.717, 1.165) is 0 Å². The van der Waals surface area contributed by atoms with Gasteiger partial charge >= 0.3 is 0 Å². The fraction of sp³-hybridized carbons (Fsp3) is 0.0714. The Morgan fingerprint density at radius 3 is 2.74 bits per heavy atom. The molecule has 0 fully saturated rings. The van der Waals surface area contributed by atoms with Crippen LogP contribution in [0, 0.1) is 17.1 Å². The monoisotopic (exact) mass is 295 g/mol. The van der Waals surface area contributed by atoms with Crippen LogP contribution in [0.1, 0.15) is 11.1 Å². The van der Waals surface area contributed by atoms with E-state index in [1.54, 1.807) is 30.3 Å². The summed E-state index contributed by atoms with van der Waals surface area (Å²) in [6.45, 7) is 0.176. The van der Waals surface area contributed by atoms with E-state index in [2.05, 4.69) is 0 Å². The molecule has 0 aromatic heterocycles. The molecule has 0 heterocycles. The number of nitrogens with zero attached hydrogens (tertiary/aromatic N) is 1. The molecule has 0 amide bonds. The van der Waals surface area contributed by atoms with E-state index < -0.39 is 5.82 Å². The molecule has 0 aliphatic heterocycles. The molecule has 0 saturated heterocycles. The highest BCUT2D eigenvalue weighted by molar-refractivity contribution is 6.42. The Hall–Kier alpha value is -1.76. The summed E-state index contributed by atoms with van der Waals surface area (Å²) in [7, 11) is 0. The second-order valence-electron chi connectivity index (χ2n) is 3.77. The summed E-state index contributed by atoms with van der Waals surface area (Å²) in [6, 6.07) is 11.1. The molecule has 0 aliphatic rings. The fourth-order valence-corrected chi connectivity index (χ4v) is 1.85. The van der Waals surface area contributed by atoms with Crippen LogP contribution in [0.2, 0.25) is 10.0 Å². The Kier molecular flexibility index (Phi) is 4.26. The lowest BCUT2D eigenvalue weighted by Gasteiger charge is -2.09. The molecular weight excluding hydrogens is 288 g/mol. The van der Waals surface area contributed by atoms with Crippen LogP contribution < -0.4 is 4.74 Å². The SMILES string of the molecule is N#Cc1cc(COc2cccc(Cl)c2Cl)ccc1F. The van der Waals surface area contributed by atoms with Crippen LogP contribution in [0.25, 0.3) is 0 Å². The van der Waals surface area contributed by atoms with Crippen molar-refractivity contribution in [3.8, 4) is 11.8 Å². The predicted molar refractivity (Wildman–Crippen MR) is 71.9 cm³/mol. The standard InChI is InChI=1S/C14H8Cl2FNO/c15-11-2-1-3-13(14(11)16)19-8-9-4-5-12(17)10(6-9)7-18/h1-6H,8H2. The first-order chi connectivity index (χ1) is 9.11. The molecule has 2 rings (SSSR count). The highest BCUT2D eigenvalue weighted by atomic mass is 35.5. The van der Waals surface area contributed by atoms with Crippen LogP contribution >= 0.6 is 23.2 Å². The number of nitriles is 1. The Bertz CT molecular complexity index is 652. The number of ether oxygens (including phenoxy) is 1. The van der Waals surface area contributed by atoms with Gasteiger partial charge in [-0.1, -0.05) is 35.3 Å². The van der Waals surface area contributed by atoms with Gasteiger partial charge in [-0.15, -0.1) is 0 Å². The van der Waals surface area contributed by atoms with Crippen molar-refractivity contribution >= 4 is 23.2 Å². The van der Waals surface area contributed by atoms with E-state index in [1.807, 2.05) is 0 Å². The molecule has 0 aliphatic carbocycles. The Balaban J connectivity index is 2.15. The van der Waals surface area contributed by atoms with Gasteiger partial charge in [0.15, 0.2) is 0 Å². The first-order valence-electron chi connectivity index (χ1n) is 5.37. The minimum absolute atomic E-state index is 0.0155. The Labute approximate surface area is 119 Å². The zero-order chi connectivity index (χ0) is 13.8. The third kappa shape index (κ3) is 3.17. The summed E-state index contributed by atoms with van der Waals surface area (Å²) < 4.78 is 18.6. The van der Waals surface area contributed by atoms with Gasteiger partial charge < -0.3 is 4.74 Å². The van der Waals surface area contributed by atoms with Crippen molar-refractivity contribution in [3.63, 3.8) is 0 Å². The second kappa shape index (κ2) is 5.92. The molecule has 96 valence electrons. The number of hydrogen-bond acceptors (Lipinski definition) is 2. The normalized spacial score (nSPS) is 10.0. The van der Waals surface area contributed by atoms with E-state index in [1.165, 1.54) is 12.1 Å². The molecule has 2 nitrogen and oxygen atoms in total. The van der Waals surface area contributed by atoms with Crippen molar-refractivity contribution < 1.29 is 9.13 Å². The Morgan fingerprint density at radius 2 is 2.00 bits per heavy atom. The largest absolute Gasteiger partial charge is 0.487 e. The maximum atomic E-state index is 13.1. The highest BCUT2D eigenvalue weighted by Crippen LogP contribution is 2.31. The van der Waals surface area contributed by atoms with E-state index >= 15 is 0 Å². The van der Waals surface area contributed by atoms with Crippen molar-refractivity contribution in [2.24, 2.45) is 0 Å². The first kappa shape index (κ1) is 13.7. The number of rotatable bonds is 3. The van der Waals surface area contributed by atoms with Gasteiger partial charge in [-0.25, -0.2) is 4.39 Å². The van der Waals surface area contributed by atoms with E-state index in [9.17, 15) is 4.39 Å². The molecule has 5 heteroatoms. The van der Waals surface area contributed by atoms with Gasteiger partial charge in [-0.3, -0.25) is 0 Å². The summed E-state index contributed by atoms with van der Waals surface area (Å²) in [4.78, 5) is 0. The topological polar surface area (TPSA) is 33.0 Å². The van der Waals surface area contributed by atoms with Crippen LogP contribution in [-0.2, 0) is 6.61 Å². The van der Waals surface area contributed by atoms with Gasteiger partial charge in [0, 0.05) is 0 Å². The van der Waals surface area contributed by atoms with Gasteiger partial charge in [-0.05, 0) is 29.8 Å². The zero-order valence-corrected chi connectivity index (χ0v) is 11.2. The molecule has 0 unspecified atom stereocenters. The van der Waals surface area contributed by atoms with Gasteiger partial charge in [0.25, 0.3) is 0 Å². The van der Waals surface area contributed by atoms with Crippen molar-refractivity contribution in [1.82, 2.24) is 0 Å². The maximum absolute atomic E-state index is 13.1. The van der Waals surface area contributed by atoms with Gasteiger partial charge in [0.1, 0.15) is 29.3 Å². The van der Waals surface area contributed by atoms with Gasteiger partial charge in [0.05, 0.1) is 10.6 Å². The average Bonchev–Trinajstić information content (AvgIpc) is 2.42. The quantitative estimate of drug-likeness (QED) is 0.830. The number of hydrogen-bond donors (Lipinski definition) is 0. The maximum Gasteiger partial charge on any atom is 0.140 e. The third-order valence-electron chi connectivity index (χ3n) is 2.46. The number of halogens is 3. The lowest BCUT2D eigenvalue weighted by atomic mass is 10.1. The summed E-state index contributed by atoms with van der Waals surface area (Å²) in [5.74, 6) is -0.107. The smallest absolute Gasteiger partial charge is 0.140 e. The highest BCUT2D eigenvalue weighted by Gasteiger charge is 2.07. The summed E-state index contributed by atoms with van der Waals surface area (Å²) in [5, 5.41) is 9.46. The van der Waals surface area contributed by atoms with Crippen LogP contribution in [0.15, 0.2) is 36.4 Å². The minimum atomic E-state index is -0.549. The first-order valence-corrected chi connectivity index (χ1v) is 6.12. The molecule has 0 N–H and O–H groups in total. The van der Waals surface area contributed by atoms with Crippen molar-refractivity contribution in [1.29, 1.82) is 5.26 Å². The van der Waals surface area contributed by atoms with Crippen LogP contribution in [0.4, 0.5) is 4.39 Å². The van der Waals surface area contributed by atoms with Crippen LogP contribution in [0.5, 0.6) is 5.75 Å². The molecule has 2 aromatic rings. The van der Waals surface area contributed by atoms with Crippen molar-refractivity contribution in [2.75, 3.05) is 0 Å². The molecule has 2 aromatic carbocycles. The summed E-state index contributed by atoms with van der Waals surface area (Å²) >= 11 is 11.8. The van der Waals surface area contributed by atoms with E-state index in [0.29, 0.717) is 21.4 Å². The second-order valence-corrected chi connectivity index (χ2v) is 4.55. The molecule has 0 saturated carbocycles. The van der Waals surface area contributed by atoms with E-state index in [-0.39, 0.29) is 12.2 Å². The molecule has 0 atom stereocenters. The lowest BCUT2D eigenvalue weighted by Crippen LogP contribution is -1.97. The number of benzene rings is 2. The predicted octanol–water partition coefficient (Wildman–Crippen LogP) is 4.58. The minimum Gasteiger partial charge on any atom is -0.487 e. The Morgan fingerprint density at radius 1 is 1.21 bits per heavy atom. The fourth-order valence-electron chi connectivity index (χ4n) is 1.50. The van der Waals surface area contributed by atoms with Gasteiger partial charge in [0.2, 0.25) is 0 Å². The third-order valence-corrected chi connectivity index (χ3v) is 3.26. The molecule has 0 radical (unpaired) electrons. The van der Waals surface area contributed by atoms with E-state index in [4.69, 9.17) is 33.2 Å². The van der Waals surface area contributed by atoms with Crippen molar-refractivity contribution in [3.05, 3.63) is 63.4 Å². The lowest BCUT2D eigenvalue weighted by molar-refractivity contribution is 0.306. The summed E-state index contributed by atoms with van der Waals surface area (Å²) in [6.07, 6.45) is 0. The summed E-state index contributed by atoms with van der Waals surface area (Å²) in [5.41, 5.74) is 0.660. The average molecular weight is 296 g/mol. The zero-order valence-electron chi connectivity index (χ0n) is 9.66. The molecule has 0 bridgehead atoms. The van der Waals surface area contributed by atoms with Crippen molar-refractivity contribution in [2.45, 2.75) is 6.61 Å². The molecule has 0 spiro atoms. The van der Waals surface area contributed by atoms with Crippen LogP contribution in [-0.4, -0.2) is 0 Å². The van der Waals surface area contributed by atoms with Gasteiger partial charge in [-0.2, -0.15) is 5.26 Å². The molecular formula is C14H8Cl2FNO. The molecule has 19 heavy (non-hydrogen) atoms. The van der Waals surface area contributed by atoms with Crippen LogP contribution in [0.3, 0.4) is 0 Å².